The van der Waals surface area contributed by atoms with Gasteiger partial charge in [-0.15, -0.1) is 0 Å². The lowest BCUT2D eigenvalue weighted by molar-refractivity contribution is -0.123. The molecular weight excluding hydrogens is 436 g/mol. The van der Waals surface area contributed by atoms with Crippen molar-refractivity contribution >= 4 is 12.0 Å². The number of aliphatic hydroxyl groups is 1. The molecule has 1 atom stereocenters. The van der Waals surface area contributed by atoms with E-state index in [1.807, 2.05) is 37.4 Å². The van der Waals surface area contributed by atoms with Crippen molar-refractivity contribution in [3.8, 4) is 5.75 Å². The van der Waals surface area contributed by atoms with Gasteiger partial charge >= 0.3 is 0 Å². The van der Waals surface area contributed by atoms with E-state index in [-0.39, 0.29) is 12.5 Å². The maximum Gasteiger partial charge on any atom is 0.249 e. The quantitative estimate of drug-likeness (QED) is 0.603. The summed E-state index contributed by atoms with van der Waals surface area (Å²) in [5.41, 5.74) is 6.34. The number of rotatable bonds is 7. The second kappa shape index (κ2) is 11.0. The molecule has 0 aromatic heterocycles. The Morgan fingerprint density at radius 3 is 2.57 bits per heavy atom. The van der Waals surface area contributed by atoms with Gasteiger partial charge in [0.1, 0.15) is 18.5 Å². The highest BCUT2D eigenvalue weighted by atomic mass is 16.5. The molecule has 2 saturated heterocycles. The lowest BCUT2D eigenvalue weighted by Crippen LogP contribution is -2.40. The predicted octanol–water partition coefficient (Wildman–Crippen LogP) is 4.43. The van der Waals surface area contributed by atoms with E-state index in [0.29, 0.717) is 18.2 Å². The van der Waals surface area contributed by atoms with Gasteiger partial charge in [-0.1, -0.05) is 36.4 Å². The van der Waals surface area contributed by atoms with Crippen molar-refractivity contribution in [2.24, 2.45) is 0 Å². The number of hydrogen-bond acceptors (Lipinski definition) is 4. The van der Waals surface area contributed by atoms with Gasteiger partial charge in [0.05, 0.1) is 0 Å². The zero-order valence-electron chi connectivity index (χ0n) is 20.9. The van der Waals surface area contributed by atoms with Gasteiger partial charge in [-0.2, -0.15) is 0 Å². The van der Waals surface area contributed by atoms with Crippen LogP contribution in [0.15, 0.2) is 48.0 Å². The zero-order valence-corrected chi connectivity index (χ0v) is 20.9. The molecule has 2 aliphatic heterocycles. The number of para-hydroxylation sites is 1. The standard InChI is InChI=1S/C30H38N2O3/c1-31-15-12-27(30(31)34)19-26-8-4-5-9-29(26)35-21-28(33)20-32-16-13-23(14-17-32)25-11-10-22-6-2-3-7-24(22)18-25/h4-5,8-11,18-19,23,28,33H,2-3,6-7,12-17,20-21H2,1H3/t28-/m0/s1. The van der Waals surface area contributed by atoms with E-state index in [0.717, 1.165) is 50.0 Å². The van der Waals surface area contributed by atoms with E-state index in [9.17, 15) is 9.90 Å². The lowest BCUT2D eigenvalue weighted by atomic mass is 9.84. The highest BCUT2D eigenvalue weighted by Gasteiger charge is 2.24. The maximum atomic E-state index is 12.3. The molecular formula is C30H38N2O3. The molecule has 5 heteroatoms. The third-order valence-electron chi connectivity index (χ3n) is 7.92. The van der Waals surface area contributed by atoms with E-state index >= 15 is 0 Å². The van der Waals surface area contributed by atoms with Gasteiger partial charge in [-0.25, -0.2) is 0 Å². The van der Waals surface area contributed by atoms with Gasteiger partial charge in [0.25, 0.3) is 0 Å². The van der Waals surface area contributed by atoms with Crippen LogP contribution in [0.4, 0.5) is 0 Å². The molecule has 0 radical (unpaired) electrons. The van der Waals surface area contributed by atoms with Crippen molar-refractivity contribution in [1.29, 1.82) is 0 Å². The topological polar surface area (TPSA) is 53.0 Å². The van der Waals surface area contributed by atoms with Crippen molar-refractivity contribution in [1.82, 2.24) is 9.80 Å². The number of likely N-dealkylation sites (tertiary alicyclic amines) is 2. The number of piperidine rings is 1. The minimum absolute atomic E-state index is 0.0821. The summed E-state index contributed by atoms with van der Waals surface area (Å²) < 4.78 is 6.01. The first-order chi connectivity index (χ1) is 17.1. The molecule has 1 amide bonds. The van der Waals surface area contributed by atoms with Crippen molar-refractivity contribution in [2.75, 3.05) is 39.8 Å². The van der Waals surface area contributed by atoms with Crippen molar-refractivity contribution in [3.63, 3.8) is 0 Å². The summed E-state index contributed by atoms with van der Waals surface area (Å²) >= 11 is 0. The molecule has 5 nitrogen and oxygen atoms in total. The highest BCUT2D eigenvalue weighted by molar-refractivity contribution is 6.00. The normalized spacial score (nSPS) is 21.4. The van der Waals surface area contributed by atoms with Crippen LogP contribution in [0.25, 0.3) is 6.08 Å². The monoisotopic (exact) mass is 474 g/mol. The van der Waals surface area contributed by atoms with Crippen LogP contribution in [0, 0.1) is 0 Å². The number of likely N-dealkylation sites (N-methyl/N-ethyl adjacent to an activating group) is 1. The summed E-state index contributed by atoms with van der Waals surface area (Å²) in [7, 11) is 1.83. The molecule has 2 aromatic rings. The second-order valence-electron chi connectivity index (χ2n) is 10.5. The first kappa shape index (κ1) is 24.1. The van der Waals surface area contributed by atoms with Crippen LogP contribution >= 0.6 is 0 Å². The number of carbonyl (C=O) groups is 1. The SMILES string of the molecule is CN1CCC(=Cc2ccccc2OC[C@@H](O)CN2CCC(c3ccc4c(c3)CCCC4)CC2)C1=O. The van der Waals surface area contributed by atoms with E-state index in [2.05, 4.69) is 23.1 Å². The number of nitrogens with zero attached hydrogens (tertiary/aromatic N) is 2. The fraction of sp³-hybridized carbons (Fsp3) is 0.500. The Bertz CT molecular complexity index is 1070. The zero-order chi connectivity index (χ0) is 24.2. The molecule has 0 bridgehead atoms. The third-order valence-corrected chi connectivity index (χ3v) is 7.92. The van der Waals surface area contributed by atoms with Gasteiger partial charge in [0.15, 0.2) is 0 Å². The summed E-state index contributed by atoms with van der Waals surface area (Å²) in [4.78, 5) is 16.4. The fourth-order valence-electron chi connectivity index (χ4n) is 5.79. The molecule has 1 aliphatic carbocycles. The Kier molecular flexibility index (Phi) is 7.54. The van der Waals surface area contributed by atoms with Gasteiger partial charge < -0.3 is 19.6 Å². The minimum Gasteiger partial charge on any atom is -0.490 e. The van der Waals surface area contributed by atoms with E-state index in [1.54, 1.807) is 16.0 Å². The molecule has 0 spiro atoms. The number of aryl methyl sites for hydroxylation is 2. The highest BCUT2D eigenvalue weighted by Crippen LogP contribution is 2.32. The van der Waals surface area contributed by atoms with Crippen LogP contribution in [0.2, 0.25) is 0 Å². The van der Waals surface area contributed by atoms with Crippen LogP contribution in [-0.4, -0.2) is 66.8 Å². The summed E-state index contributed by atoms with van der Waals surface area (Å²) in [6, 6.07) is 15.0. The Hall–Kier alpha value is -2.63. The smallest absolute Gasteiger partial charge is 0.249 e. The van der Waals surface area contributed by atoms with Gasteiger partial charge in [0.2, 0.25) is 5.91 Å². The van der Waals surface area contributed by atoms with E-state index in [4.69, 9.17) is 4.74 Å². The number of benzene rings is 2. The van der Waals surface area contributed by atoms with Gasteiger partial charge in [-0.3, -0.25) is 4.79 Å². The largest absolute Gasteiger partial charge is 0.490 e. The van der Waals surface area contributed by atoms with E-state index in [1.165, 1.54) is 31.2 Å². The van der Waals surface area contributed by atoms with Crippen LogP contribution in [-0.2, 0) is 17.6 Å². The molecule has 2 aromatic carbocycles. The van der Waals surface area contributed by atoms with Gasteiger partial charge in [-0.05, 0) is 92.8 Å². The minimum atomic E-state index is -0.546. The Morgan fingerprint density at radius 2 is 1.80 bits per heavy atom. The summed E-state index contributed by atoms with van der Waals surface area (Å²) in [6.07, 6.45) is 9.57. The van der Waals surface area contributed by atoms with Crippen LogP contribution in [0.3, 0.4) is 0 Å². The first-order valence-electron chi connectivity index (χ1n) is 13.3. The van der Waals surface area contributed by atoms with Gasteiger partial charge in [0, 0.05) is 31.3 Å². The number of aliphatic hydroxyl groups excluding tert-OH is 1. The van der Waals surface area contributed by atoms with Crippen molar-refractivity contribution < 1.29 is 14.6 Å². The summed E-state index contributed by atoms with van der Waals surface area (Å²) in [6.45, 7) is 3.66. The molecule has 0 saturated carbocycles. The average molecular weight is 475 g/mol. The van der Waals surface area contributed by atoms with Crippen LogP contribution < -0.4 is 4.74 Å². The van der Waals surface area contributed by atoms with Crippen molar-refractivity contribution in [3.05, 3.63) is 70.3 Å². The Labute approximate surface area is 209 Å². The molecule has 2 heterocycles. The summed E-state index contributed by atoms with van der Waals surface area (Å²) in [5, 5.41) is 10.7. The molecule has 2 fully saturated rings. The lowest BCUT2D eigenvalue weighted by Gasteiger charge is -2.33. The Morgan fingerprint density at radius 1 is 1.03 bits per heavy atom. The van der Waals surface area contributed by atoms with Crippen molar-refractivity contribution in [2.45, 2.75) is 57.0 Å². The summed E-state index contributed by atoms with van der Waals surface area (Å²) in [5.74, 6) is 1.43. The number of hydrogen-bond donors (Lipinski definition) is 1. The van der Waals surface area contributed by atoms with E-state index < -0.39 is 6.10 Å². The number of fused-ring (bicyclic) bond motifs is 1. The predicted molar refractivity (Wildman–Crippen MR) is 140 cm³/mol. The van der Waals surface area contributed by atoms with Crippen LogP contribution in [0.5, 0.6) is 5.75 Å². The molecule has 3 aliphatic rings. The number of ether oxygens (including phenoxy) is 1. The second-order valence-corrected chi connectivity index (χ2v) is 10.5. The first-order valence-corrected chi connectivity index (χ1v) is 13.3. The maximum absolute atomic E-state index is 12.3. The Balaban J connectivity index is 1.11. The molecule has 186 valence electrons. The number of amides is 1. The van der Waals surface area contributed by atoms with Crippen LogP contribution in [0.1, 0.15) is 60.3 Å². The third kappa shape index (κ3) is 5.79. The molecule has 1 N–H and O–H groups in total. The molecule has 35 heavy (non-hydrogen) atoms. The molecule has 5 rings (SSSR count). The molecule has 0 unspecified atom stereocenters. The number of β-amino-alcohol motifs (C(OH)–C–C–N with tert-alkyl or cyclic N) is 1. The number of carbonyl (C=O) groups excluding carboxylic acids is 1. The average Bonchev–Trinajstić information content (AvgIpc) is 3.20. The fourth-order valence-corrected chi connectivity index (χ4v) is 5.79.